The number of hydrogen-bond acceptors (Lipinski definition) is 4. The Morgan fingerprint density at radius 1 is 1.03 bits per heavy atom. The van der Waals surface area contributed by atoms with Gasteiger partial charge in [-0.05, 0) is 49.1 Å². The van der Waals surface area contributed by atoms with Crippen LogP contribution in [0.2, 0.25) is 5.02 Å². The molecule has 3 aromatic carbocycles. The molecule has 5 nitrogen and oxygen atoms in total. The molecule has 0 spiro atoms. The van der Waals surface area contributed by atoms with Crippen molar-refractivity contribution in [3.05, 3.63) is 93.9 Å². The van der Waals surface area contributed by atoms with Gasteiger partial charge in [-0.1, -0.05) is 54.1 Å². The first kappa shape index (κ1) is 22.5. The number of halogens is 1. The normalized spacial score (nSPS) is 14.8. The maximum Gasteiger partial charge on any atom is 0.270 e. The number of carbonyl (C=O) groups is 1. The van der Waals surface area contributed by atoms with Crippen molar-refractivity contribution in [1.29, 1.82) is 0 Å². The minimum Gasteiger partial charge on any atom is -0.320 e. The number of rotatable bonds is 5. The van der Waals surface area contributed by atoms with E-state index in [0.29, 0.717) is 33.1 Å². The molecule has 3 aromatic rings. The van der Waals surface area contributed by atoms with E-state index in [9.17, 15) is 13.2 Å². The summed E-state index contributed by atoms with van der Waals surface area (Å²) >= 11 is 7.76. The quantitative estimate of drug-likeness (QED) is 0.476. The number of nitrogens with one attached hydrogen (secondary N) is 1. The zero-order chi connectivity index (χ0) is 22.9. The monoisotopic (exact) mass is 484 g/mol. The van der Waals surface area contributed by atoms with Gasteiger partial charge in [-0.2, -0.15) is 0 Å². The van der Waals surface area contributed by atoms with Gasteiger partial charge < -0.3 is 5.32 Å². The van der Waals surface area contributed by atoms with E-state index in [4.69, 9.17) is 11.6 Å². The van der Waals surface area contributed by atoms with Crippen molar-refractivity contribution >= 4 is 56.2 Å². The van der Waals surface area contributed by atoms with Gasteiger partial charge in [0, 0.05) is 27.6 Å². The molecular weight excluding hydrogens is 464 g/mol. The number of para-hydroxylation sites is 1. The minimum absolute atomic E-state index is 0.178. The number of fused-ring (bicyclic) bond motifs is 1. The lowest BCUT2D eigenvalue weighted by molar-refractivity contribution is -0.112. The predicted molar refractivity (Wildman–Crippen MR) is 133 cm³/mol. The highest BCUT2D eigenvalue weighted by molar-refractivity contribution is 7.98. The van der Waals surface area contributed by atoms with Crippen LogP contribution in [0, 0.1) is 0 Å². The number of amides is 1. The van der Waals surface area contributed by atoms with Crippen molar-refractivity contribution in [2.45, 2.75) is 11.8 Å². The minimum atomic E-state index is -4.13. The number of anilines is 2. The summed E-state index contributed by atoms with van der Waals surface area (Å²) in [6, 6.07) is 21.4. The lowest BCUT2D eigenvalue weighted by atomic mass is 9.95. The molecule has 0 unspecified atom stereocenters. The zero-order valence-electron chi connectivity index (χ0n) is 17.5. The van der Waals surface area contributed by atoms with E-state index in [1.54, 1.807) is 49.4 Å². The summed E-state index contributed by atoms with van der Waals surface area (Å²) in [4.78, 5) is 14.1. The van der Waals surface area contributed by atoms with Gasteiger partial charge in [0.2, 0.25) is 0 Å². The molecule has 32 heavy (non-hydrogen) atoms. The Morgan fingerprint density at radius 2 is 1.72 bits per heavy atom. The van der Waals surface area contributed by atoms with Crippen LogP contribution in [0.1, 0.15) is 18.1 Å². The Hall–Kier alpha value is -2.74. The fourth-order valence-corrected chi connectivity index (χ4v) is 6.28. The second kappa shape index (κ2) is 9.02. The standard InChI is InChI=1S/C24H21ClN2O3S2/c1-3-27-20-14-13-17(25)15-18(20)22(16-9-5-4-6-10-16)23(32(27,29)30)24(28)26-19-11-7-8-12-21(19)31-2/h4-15H,3H2,1-2H3,(H,26,28). The van der Waals surface area contributed by atoms with E-state index in [1.807, 2.05) is 36.6 Å². The van der Waals surface area contributed by atoms with Crippen molar-refractivity contribution in [2.24, 2.45) is 0 Å². The Labute approximate surface area is 197 Å². The van der Waals surface area contributed by atoms with Crippen LogP contribution in [0.5, 0.6) is 0 Å². The molecular formula is C24H21ClN2O3S2. The number of thioether (sulfide) groups is 1. The summed E-state index contributed by atoms with van der Waals surface area (Å²) < 4.78 is 28.7. The van der Waals surface area contributed by atoms with Crippen LogP contribution >= 0.6 is 23.4 Å². The lowest BCUT2D eigenvalue weighted by Gasteiger charge is -2.33. The smallest absolute Gasteiger partial charge is 0.270 e. The van der Waals surface area contributed by atoms with Gasteiger partial charge in [0.1, 0.15) is 0 Å². The van der Waals surface area contributed by atoms with Gasteiger partial charge in [-0.3, -0.25) is 9.10 Å². The Kier molecular flexibility index (Phi) is 6.33. The Morgan fingerprint density at radius 3 is 2.41 bits per heavy atom. The predicted octanol–water partition coefficient (Wildman–Crippen LogP) is 5.63. The number of sulfonamides is 1. The van der Waals surface area contributed by atoms with Gasteiger partial charge in [-0.15, -0.1) is 11.8 Å². The van der Waals surface area contributed by atoms with Crippen LogP contribution in [-0.4, -0.2) is 27.1 Å². The van der Waals surface area contributed by atoms with Crippen molar-refractivity contribution in [3.8, 4) is 0 Å². The molecule has 0 fully saturated rings. The molecule has 1 heterocycles. The van der Waals surface area contributed by atoms with E-state index in [-0.39, 0.29) is 11.4 Å². The number of benzene rings is 3. The molecule has 1 aliphatic rings. The molecule has 0 atom stereocenters. The molecule has 4 rings (SSSR count). The average molecular weight is 485 g/mol. The first-order valence-corrected chi connectivity index (χ1v) is 13.0. The van der Waals surface area contributed by atoms with Crippen molar-refractivity contribution in [1.82, 2.24) is 0 Å². The van der Waals surface area contributed by atoms with Crippen molar-refractivity contribution in [2.75, 3.05) is 22.4 Å². The molecule has 0 bridgehead atoms. The topological polar surface area (TPSA) is 66.5 Å². The Bertz CT molecular complexity index is 1320. The molecule has 1 aliphatic heterocycles. The summed E-state index contributed by atoms with van der Waals surface area (Å²) in [5, 5.41) is 3.28. The first-order valence-electron chi connectivity index (χ1n) is 9.95. The maximum atomic E-state index is 13.7. The fraction of sp³-hybridized carbons (Fsp3) is 0.125. The highest BCUT2D eigenvalue weighted by Gasteiger charge is 2.41. The van der Waals surface area contributed by atoms with Gasteiger partial charge >= 0.3 is 0 Å². The van der Waals surface area contributed by atoms with Crippen molar-refractivity contribution in [3.63, 3.8) is 0 Å². The lowest BCUT2D eigenvalue weighted by Crippen LogP contribution is -2.39. The molecule has 1 amide bonds. The third kappa shape index (κ3) is 3.92. The SMILES string of the molecule is CCN1c2ccc(Cl)cc2C(c2ccccc2)=C(C(=O)Nc2ccccc2SC)S1(=O)=O. The molecule has 8 heteroatoms. The third-order valence-electron chi connectivity index (χ3n) is 5.18. The molecule has 1 N–H and O–H groups in total. The second-order valence-corrected chi connectivity index (χ2v) is 10.1. The van der Waals surface area contributed by atoms with Gasteiger partial charge in [-0.25, -0.2) is 8.42 Å². The number of nitrogens with zero attached hydrogens (tertiary/aromatic N) is 1. The van der Waals surface area contributed by atoms with Gasteiger partial charge in [0.15, 0.2) is 4.91 Å². The highest BCUT2D eigenvalue weighted by atomic mass is 35.5. The van der Waals surface area contributed by atoms with Crippen LogP contribution in [0.25, 0.3) is 5.57 Å². The van der Waals surface area contributed by atoms with Crippen LogP contribution < -0.4 is 9.62 Å². The molecule has 0 radical (unpaired) electrons. The Balaban J connectivity index is 2.00. The largest absolute Gasteiger partial charge is 0.320 e. The third-order valence-corrected chi connectivity index (χ3v) is 8.15. The summed E-state index contributed by atoms with van der Waals surface area (Å²) in [6.07, 6.45) is 1.90. The van der Waals surface area contributed by atoms with Crippen LogP contribution in [0.15, 0.2) is 82.6 Å². The summed E-state index contributed by atoms with van der Waals surface area (Å²) in [5.41, 5.74) is 2.62. The molecule has 0 aliphatic carbocycles. The second-order valence-electron chi connectivity index (χ2n) is 7.06. The first-order chi connectivity index (χ1) is 15.4. The molecule has 0 saturated carbocycles. The number of hydrogen-bond donors (Lipinski definition) is 1. The maximum absolute atomic E-state index is 13.7. The number of carbonyl (C=O) groups excluding carboxylic acids is 1. The summed E-state index contributed by atoms with van der Waals surface area (Å²) in [5.74, 6) is -0.686. The molecule has 0 aromatic heterocycles. The van der Waals surface area contributed by atoms with E-state index < -0.39 is 15.9 Å². The zero-order valence-corrected chi connectivity index (χ0v) is 19.9. The van der Waals surface area contributed by atoms with Crippen molar-refractivity contribution < 1.29 is 13.2 Å². The fourth-order valence-electron chi connectivity index (χ4n) is 3.81. The average Bonchev–Trinajstić information content (AvgIpc) is 2.79. The van der Waals surface area contributed by atoms with Gasteiger partial charge in [0.05, 0.1) is 11.4 Å². The molecule has 0 saturated heterocycles. The van der Waals surface area contributed by atoms with Gasteiger partial charge in [0.25, 0.3) is 15.9 Å². The summed E-state index contributed by atoms with van der Waals surface area (Å²) in [6.45, 7) is 1.92. The van der Waals surface area contributed by atoms with E-state index in [1.165, 1.54) is 16.1 Å². The van der Waals surface area contributed by atoms with Crippen LogP contribution in [0.3, 0.4) is 0 Å². The van der Waals surface area contributed by atoms with E-state index in [2.05, 4.69) is 5.32 Å². The van der Waals surface area contributed by atoms with E-state index >= 15 is 0 Å². The van der Waals surface area contributed by atoms with Crippen LogP contribution in [-0.2, 0) is 14.8 Å². The highest BCUT2D eigenvalue weighted by Crippen LogP contribution is 2.44. The van der Waals surface area contributed by atoms with Crippen LogP contribution in [0.4, 0.5) is 11.4 Å². The molecule has 164 valence electrons. The van der Waals surface area contributed by atoms with E-state index in [0.717, 1.165) is 4.90 Å². The summed E-state index contributed by atoms with van der Waals surface area (Å²) in [7, 11) is -4.13.